The fraction of sp³-hybridized carbons (Fsp3) is 0.333. The molecule has 0 aliphatic heterocycles. The predicted molar refractivity (Wildman–Crippen MR) is 99.6 cm³/mol. The lowest BCUT2D eigenvalue weighted by Crippen LogP contribution is -2.32. The second-order valence-corrected chi connectivity index (χ2v) is 7.13. The fourth-order valence-corrected chi connectivity index (χ4v) is 3.48. The molecule has 128 valence electrons. The average molecular weight is 333 g/mol. The maximum atomic E-state index is 13.2. The summed E-state index contributed by atoms with van der Waals surface area (Å²) in [6.45, 7) is 6.94. The molecule has 1 aromatic carbocycles. The molecular weight excluding hydrogens is 310 g/mol. The maximum absolute atomic E-state index is 13.2. The van der Waals surface area contributed by atoms with Crippen LogP contribution in [0.25, 0.3) is 10.9 Å². The summed E-state index contributed by atoms with van der Waals surface area (Å²) < 4.78 is 0. The van der Waals surface area contributed by atoms with Gasteiger partial charge in [-0.15, -0.1) is 0 Å². The lowest BCUT2D eigenvalue weighted by Gasteiger charge is -2.21. The quantitative estimate of drug-likeness (QED) is 0.774. The van der Waals surface area contributed by atoms with Crippen LogP contribution in [0.3, 0.4) is 0 Å². The van der Waals surface area contributed by atoms with E-state index >= 15 is 0 Å². The molecule has 2 aromatic heterocycles. The Morgan fingerprint density at radius 2 is 2.04 bits per heavy atom. The van der Waals surface area contributed by atoms with Crippen LogP contribution in [-0.2, 0) is 6.54 Å². The highest BCUT2D eigenvalue weighted by Gasteiger charge is 2.33. The van der Waals surface area contributed by atoms with Gasteiger partial charge in [-0.05, 0) is 68.0 Å². The molecule has 0 atom stereocenters. The zero-order valence-corrected chi connectivity index (χ0v) is 15.0. The minimum atomic E-state index is 0.0824. The lowest BCUT2D eigenvalue weighted by molar-refractivity contribution is 0.0725. The highest BCUT2D eigenvalue weighted by atomic mass is 16.2. The van der Waals surface area contributed by atoms with E-state index in [2.05, 4.69) is 36.8 Å². The molecule has 25 heavy (non-hydrogen) atoms. The van der Waals surface area contributed by atoms with E-state index in [4.69, 9.17) is 0 Å². The highest BCUT2D eigenvalue weighted by molar-refractivity contribution is 6.00. The molecule has 1 N–H and O–H groups in total. The molecule has 4 nitrogen and oxygen atoms in total. The summed E-state index contributed by atoms with van der Waals surface area (Å²) in [5, 5.41) is 1.14. The summed E-state index contributed by atoms with van der Waals surface area (Å²) in [4.78, 5) is 22.7. The van der Waals surface area contributed by atoms with Gasteiger partial charge in [0.05, 0.1) is 0 Å². The van der Waals surface area contributed by atoms with Gasteiger partial charge in [-0.1, -0.05) is 12.1 Å². The molecule has 0 radical (unpaired) electrons. The van der Waals surface area contributed by atoms with E-state index in [1.165, 1.54) is 16.7 Å². The first-order valence-electron chi connectivity index (χ1n) is 8.84. The van der Waals surface area contributed by atoms with Crippen LogP contribution in [-0.4, -0.2) is 26.8 Å². The van der Waals surface area contributed by atoms with Gasteiger partial charge in [0.15, 0.2) is 0 Å². The number of amides is 1. The number of hydrogen-bond donors (Lipinski definition) is 1. The average Bonchev–Trinajstić information content (AvgIpc) is 3.35. The van der Waals surface area contributed by atoms with Crippen molar-refractivity contribution in [3.8, 4) is 0 Å². The van der Waals surface area contributed by atoms with Crippen LogP contribution in [0.4, 0.5) is 0 Å². The van der Waals surface area contributed by atoms with Crippen molar-refractivity contribution in [1.82, 2.24) is 14.9 Å². The molecule has 2 heterocycles. The summed E-state index contributed by atoms with van der Waals surface area (Å²) in [6.07, 6.45) is 5.77. The smallest absolute Gasteiger partial charge is 0.270 e. The zero-order chi connectivity index (χ0) is 17.6. The van der Waals surface area contributed by atoms with Crippen LogP contribution in [0.1, 0.15) is 45.6 Å². The standard InChI is InChI=1S/C21H23N3O/c1-13-9-14(2)18-10-19(23-20(18)15(13)3)21(25)24(17-6-7-17)12-16-5-4-8-22-11-16/h4-5,8-11,17,23H,6-7,12H2,1-3H3. The van der Waals surface area contributed by atoms with Gasteiger partial charge in [0.2, 0.25) is 0 Å². The number of rotatable bonds is 4. The van der Waals surface area contributed by atoms with Gasteiger partial charge in [-0.2, -0.15) is 0 Å². The van der Waals surface area contributed by atoms with Crippen molar-refractivity contribution >= 4 is 16.8 Å². The molecule has 4 heteroatoms. The Balaban J connectivity index is 1.70. The van der Waals surface area contributed by atoms with Gasteiger partial charge in [0.1, 0.15) is 5.69 Å². The molecule has 1 fully saturated rings. The van der Waals surface area contributed by atoms with E-state index in [1.807, 2.05) is 29.3 Å². The molecule has 1 aliphatic carbocycles. The molecule has 1 saturated carbocycles. The van der Waals surface area contributed by atoms with Crippen molar-refractivity contribution in [2.24, 2.45) is 0 Å². The minimum Gasteiger partial charge on any atom is -0.350 e. The molecule has 0 saturated heterocycles. The first-order chi connectivity index (χ1) is 12.0. The number of aromatic nitrogens is 2. The summed E-state index contributed by atoms with van der Waals surface area (Å²) in [5.74, 6) is 0.0824. The number of fused-ring (bicyclic) bond motifs is 1. The Kier molecular flexibility index (Phi) is 3.83. The van der Waals surface area contributed by atoms with E-state index < -0.39 is 0 Å². The number of pyridine rings is 1. The predicted octanol–water partition coefficient (Wildman–Crippen LogP) is 4.29. The molecule has 4 rings (SSSR count). The number of carbonyl (C=O) groups excluding carboxylic acids is 1. The van der Waals surface area contributed by atoms with Crippen molar-refractivity contribution in [3.05, 3.63) is 64.6 Å². The topological polar surface area (TPSA) is 49.0 Å². The number of H-pyrrole nitrogens is 1. The summed E-state index contributed by atoms with van der Waals surface area (Å²) >= 11 is 0. The SMILES string of the molecule is Cc1cc(C)c2cc(C(=O)N(Cc3cccnc3)C3CC3)[nH]c2c1C. The van der Waals surface area contributed by atoms with Gasteiger partial charge in [-0.25, -0.2) is 0 Å². The van der Waals surface area contributed by atoms with Gasteiger partial charge >= 0.3 is 0 Å². The highest BCUT2D eigenvalue weighted by Crippen LogP contribution is 2.31. The van der Waals surface area contributed by atoms with Gasteiger partial charge in [0.25, 0.3) is 5.91 Å². The number of aryl methyl sites for hydroxylation is 3. The van der Waals surface area contributed by atoms with Gasteiger partial charge in [-0.3, -0.25) is 9.78 Å². The third kappa shape index (κ3) is 2.93. The van der Waals surface area contributed by atoms with Crippen LogP contribution in [0, 0.1) is 20.8 Å². The second-order valence-electron chi connectivity index (χ2n) is 7.13. The zero-order valence-electron chi connectivity index (χ0n) is 15.0. The molecule has 3 aromatic rings. The maximum Gasteiger partial charge on any atom is 0.270 e. The minimum absolute atomic E-state index is 0.0824. The van der Waals surface area contributed by atoms with Crippen LogP contribution in [0.5, 0.6) is 0 Å². The van der Waals surface area contributed by atoms with E-state index in [9.17, 15) is 4.79 Å². The number of benzene rings is 1. The Morgan fingerprint density at radius 1 is 1.24 bits per heavy atom. The monoisotopic (exact) mass is 333 g/mol. The van der Waals surface area contributed by atoms with E-state index in [-0.39, 0.29) is 5.91 Å². The number of nitrogens with one attached hydrogen (secondary N) is 1. The van der Waals surface area contributed by atoms with E-state index in [1.54, 1.807) is 6.20 Å². The normalized spacial score (nSPS) is 14.0. The van der Waals surface area contributed by atoms with Crippen LogP contribution < -0.4 is 0 Å². The molecular formula is C21H23N3O. The van der Waals surface area contributed by atoms with Gasteiger partial charge in [0, 0.05) is 35.9 Å². The molecule has 0 bridgehead atoms. The Morgan fingerprint density at radius 3 is 2.72 bits per heavy atom. The van der Waals surface area contributed by atoms with Crippen molar-refractivity contribution in [2.75, 3.05) is 0 Å². The second kappa shape index (κ2) is 6.03. The Hall–Kier alpha value is -2.62. The largest absolute Gasteiger partial charge is 0.350 e. The van der Waals surface area contributed by atoms with E-state index in [0.717, 1.165) is 29.3 Å². The Bertz CT molecular complexity index is 939. The van der Waals surface area contributed by atoms with Crippen molar-refractivity contribution in [3.63, 3.8) is 0 Å². The van der Waals surface area contributed by atoms with Crippen LogP contribution >= 0.6 is 0 Å². The van der Waals surface area contributed by atoms with Crippen LogP contribution in [0.2, 0.25) is 0 Å². The van der Waals surface area contributed by atoms with Crippen molar-refractivity contribution in [1.29, 1.82) is 0 Å². The third-order valence-electron chi connectivity index (χ3n) is 5.20. The first-order valence-corrected chi connectivity index (χ1v) is 8.84. The number of aromatic amines is 1. The van der Waals surface area contributed by atoms with Crippen LogP contribution in [0.15, 0.2) is 36.7 Å². The summed E-state index contributed by atoms with van der Waals surface area (Å²) in [6, 6.07) is 8.50. The Labute approximate surface area is 147 Å². The van der Waals surface area contributed by atoms with Gasteiger partial charge < -0.3 is 9.88 Å². The fourth-order valence-electron chi connectivity index (χ4n) is 3.48. The molecule has 0 spiro atoms. The molecule has 1 amide bonds. The summed E-state index contributed by atoms with van der Waals surface area (Å²) in [7, 11) is 0. The molecule has 1 aliphatic rings. The summed E-state index contributed by atoms with van der Waals surface area (Å²) in [5.41, 5.74) is 6.51. The number of hydrogen-bond acceptors (Lipinski definition) is 2. The van der Waals surface area contributed by atoms with Crippen molar-refractivity contribution < 1.29 is 4.79 Å². The number of carbonyl (C=O) groups is 1. The first kappa shape index (κ1) is 15.9. The molecule has 0 unspecified atom stereocenters. The number of nitrogens with zero attached hydrogens (tertiary/aromatic N) is 2. The lowest BCUT2D eigenvalue weighted by atomic mass is 10.0. The van der Waals surface area contributed by atoms with Crippen molar-refractivity contribution in [2.45, 2.75) is 46.2 Å². The van der Waals surface area contributed by atoms with E-state index in [0.29, 0.717) is 18.3 Å². The third-order valence-corrected chi connectivity index (χ3v) is 5.20.